The van der Waals surface area contributed by atoms with E-state index < -0.39 is 6.18 Å². The molecule has 5 heteroatoms. The first-order chi connectivity index (χ1) is 8.88. The number of hydrogen-bond donors (Lipinski definition) is 0. The van der Waals surface area contributed by atoms with E-state index in [0.29, 0.717) is 6.42 Å². The molecule has 0 N–H and O–H groups in total. The normalized spacial score (nSPS) is 26.8. The Morgan fingerprint density at radius 3 is 2.32 bits per heavy atom. The molecule has 0 spiro atoms. The summed E-state index contributed by atoms with van der Waals surface area (Å²) < 4.78 is 38.4. The monoisotopic (exact) mass is 274 g/mol. The Morgan fingerprint density at radius 2 is 1.74 bits per heavy atom. The third-order valence-electron chi connectivity index (χ3n) is 3.95. The average Bonchev–Trinajstić information content (AvgIpc) is 2.52. The molecule has 0 aromatic heterocycles. The van der Waals surface area contributed by atoms with E-state index in [1.165, 1.54) is 6.08 Å². The van der Waals surface area contributed by atoms with E-state index in [0.717, 1.165) is 31.9 Å². The molecule has 2 nitrogen and oxygen atoms in total. The molecule has 0 amide bonds. The maximum Gasteiger partial charge on any atom is 0.412 e. The van der Waals surface area contributed by atoms with Crippen LogP contribution >= 0.6 is 0 Å². The molecule has 19 heavy (non-hydrogen) atoms. The Balaban J connectivity index is 2.04. The van der Waals surface area contributed by atoms with Crippen molar-refractivity contribution in [2.24, 2.45) is 5.92 Å². The molecule has 0 aromatic rings. The summed E-state index contributed by atoms with van der Waals surface area (Å²) >= 11 is 0. The lowest BCUT2D eigenvalue weighted by Gasteiger charge is -2.37. The predicted molar refractivity (Wildman–Crippen MR) is 69.7 cm³/mol. The number of likely N-dealkylation sites (N-methyl/N-ethyl adjacent to an activating group) is 1. The van der Waals surface area contributed by atoms with Crippen LogP contribution in [0.5, 0.6) is 0 Å². The van der Waals surface area contributed by atoms with Gasteiger partial charge in [0, 0.05) is 37.4 Å². The summed E-state index contributed by atoms with van der Waals surface area (Å²) in [5.74, 6) is -0.0567. The van der Waals surface area contributed by atoms with Gasteiger partial charge < -0.3 is 9.80 Å². The van der Waals surface area contributed by atoms with Crippen molar-refractivity contribution >= 4 is 0 Å². The fraction of sp³-hybridized carbons (Fsp3) is 0.714. The molecule has 108 valence electrons. The van der Waals surface area contributed by atoms with Crippen molar-refractivity contribution in [3.63, 3.8) is 0 Å². The first-order valence-electron chi connectivity index (χ1n) is 6.77. The number of rotatable bonds is 1. The summed E-state index contributed by atoms with van der Waals surface area (Å²) in [6.45, 7) is 5.67. The van der Waals surface area contributed by atoms with Crippen molar-refractivity contribution in [2.75, 3.05) is 33.2 Å². The van der Waals surface area contributed by atoms with Gasteiger partial charge in [-0.15, -0.1) is 0 Å². The Morgan fingerprint density at radius 1 is 1.11 bits per heavy atom. The molecule has 0 saturated carbocycles. The van der Waals surface area contributed by atoms with Crippen LogP contribution < -0.4 is 0 Å². The molecule has 1 saturated heterocycles. The SMILES string of the molecule is CC1CC(C(F)(F)F)=CCC=C1N1CCN(C)CC1. The highest BCUT2D eigenvalue weighted by molar-refractivity contribution is 5.21. The van der Waals surface area contributed by atoms with E-state index >= 15 is 0 Å². The second kappa shape index (κ2) is 5.57. The molecule has 2 aliphatic rings. The number of piperazine rings is 1. The Hall–Kier alpha value is -0.970. The third kappa shape index (κ3) is 3.53. The molecule has 1 fully saturated rings. The summed E-state index contributed by atoms with van der Waals surface area (Å²) in [4.78, 5) is 4.50. The molecule has 0 radical (unpaired) electrons. The van der Waals surface area contributed by atoms with Crippen LogP contribution in [0.25, 0.3) is 0 Å². The molecule has 0 aromatic carbocycles. The highest BCUT2D eigenvalue weighted by Gasteiger charge is 2.35. The molecule has 1 heterocycles. The Bertz CT molecular complexity index is 377. The van der Waals surface area contributed by atoms with Gasteiger partial charge in [-0.05, 0) is 25.8 Å². The Labute approximate surface area is 112 Å². The van der Waals surface area contributed by atoms with Gasteiger partial charge in [0.1, 0.15) is 0 Å². The first-order valence-corrected chi connectivity index (χ1v) is 6.77. The molecular formula is C14H21F3N2. The summed E-state index contributed by atoms with van der Waals surface area (Å²) in [5.41, 5.74) is 0.712. The summed E-state index contributed by atoms with van der Waals surface area (Å²) in [5, 5.41) is 0. The van der Waals surface area contributed by atoms with E-state index in [4.69, 9.17) is 0 Å². The Kier molecular flexibility index (Phi) is 4.23. The van der Waals surface area contributed by atoms with E-state index in [1.807, 2.05) is 13.0 Å². The van der Waals surface area contributed by atoms with Crippen LogP contribution in [0, 0.1) is 5.92 Å². The molecule has 0 bridgehead atoms. The lowest BCUT2D eigenvalue weighted by molar-refractivity contribution is -0.0951. The zero-order valence-electron chi connectivity index (χ0n) is 11.5. The van der Waals surface area contributed by atoms with Gasteiger partial charge in [0.2, 0.25) is 0 Å². The van der Waals surface area contributed by atoms with Crippen LogP contribution in [0.3, 0.4) is 0 Å². The lowest BCUT2D eigenvalue weighted by Crippen LogP contribution is -2.44. The highest BCUT2D eigenvalue weighted by atomic mass is 19.4. The van der Waals surface area contributed by atoms with Gasteiger partial charge >= 0.3 is 6.18 Å². The van der Waals surface area contributed by atoms with Crippen LogP contribution in [0.15, 0.2) is 23.4 Å². The summed E-state index contributed by atoms with van der Waals surface area (Å²) in [6.07, 6.45) is -0.392. The number of halogens is 3. The third-order valence-corrected chi connectivity index (χ3v) is 3.95. The van der Waals surface area contributed by atoms with Crippen molar-refractivity contribution in [3.8, 4) is 0 Å². The van der Waals surface area contributed by atoms with Crippen molar-refractivity contribution in [3.05, 3.63) is 23.4 Å². The lowest BCUT2D eigenvalue weighted by atomic mass is 9.98. The fourth-order valence-electron chi connectivity index (χ4n) is 2.78. The predicted octanol–water partition coefficient (Wildman–Crippen LogP) is 3.04. The molecule has 1 unspecified atom stereocenters. The summed E-state index contributed by atoms with van der Waals surface area (Å²) in [6, 6.07) is 0. The van der Waals surface area contributed by atoms with Gasteiger partial charge in [-0.3, -0.25) is 0 Å². The van der Waals surface area contributed by atoms with Crippen molar-refractivity contribution in [2.45, 2.75) is 25.9 Å². The van der Waals surface area contributed by atoms with Gasteiger partial charge in [-0.2, -0.15) is 13.2 Å². The number of hydrogen-bond acceptors (Lipinski definition) is 2. The van der Waals surface area contributed by atoms with Gasteiger partial charge in [-0.25, -0.2) is 0 Å². The minimum absolute atomic E-state index is 0.0567. The molecule has 1 atom stereocenters. The van der Waals surface area contributed by atoms with E-state index in [1.54, 1.807) is 0 Å². The van der Waals surface area contributed by atoms with Crippen molar-refractivity contribution in [1.29, 1.82) is 0 Å². The first kappa shape index (κ1) is 14.4. The molecule has 1 aliphatic heterocycles. The van der Waals surface area contributed by atoms with E-state index in [-0.39, 0.29) is 17.9 Å². The highest BCUT2D eigenvalue weighted by Crippen LogP contribution is 2.36. The van der Waals surface area contributed by atoms with E-state index in [9.17, 15) is 13.2 Å². The number of allylic oxidation sites excluding steroid dienone is 4. The molecular weight excluding hydrogens is 253 g/mol. The van der Waals surface area contributed by atoms with Crippen LogP contribution in [-0.2, 0) is 0 Å². The minimum atomic E-state index is -4.18. The smallest absolute Gasteiger partial charge is 0.372 e. The zero-order valence-corrected chi connectivity index (χ0v) is 11.5. The largest absolute Gasteiger partial charge is 0.412 e. The van der Waals surface area contributed by atoms with E-state index in [2.05, 4.69) is 16.8 Å². The fourth-order valence-corrected chi connectivity index (χ4v) is 2.78. The maximum absolute atomic E-state index is 12.8. The van der Waals surface area contributed by atoms with Gasteiger partial charge in [0.25, 0.3) is 0 Å². The summed E-state index contributed by atoms with van der Waals surface area (Å²) in [7, 11) is 2.07. The second-order valence-corrected chi connectivity index (χ2v) is 5.49. The van der Waals surface area contributed by atoms with Crippen molar-refractivity contribution in [1.82, 2.24) is 9.80 Å². The topological polar surface area (TPSA) is 6.48 Å². The molecule has 2 rings (SSSR count). The van der Waals surface area contributed by atoms with Crippen LogP contribution in [-0.4, -0.2) is 49.2 Å². The van der Waals surface area contributed by atoms with Gasteiger partial charge in [0.15, 0.2) is 0 Å². The standard InChI is InChI=1S/C14H21F3N2/c1-11-10-12(14(15,16)17)4-3-5-13(11)19-8-6-18(2)7-9-19/h4-5,11H,3,6-10H2,1-2H3. The second-order valence-electron chi connectivity index (χ2n) is 5.49. The van der Waals surface area contributed by atoms with Crippen LogP contribution in [0.1, 0.15) is 19.8 Å². The van der Waals surface area contributed by atoms with Crippen molar-refractivity contribution < 1.29 is 13.2 Å². The number of nitrogens with zero attached hydrogens (tertiary/aromatic N) is 2. The zero-order chi connectivity index (χ0) is 14.0. The maximum atomic E-state index is 12.8. The van der Waals surface area contributed by atoms with Gasteiger partial charge in [-0.1, -0.05) is 19.1 Å². The van der Waals surface area contributed by atoms with Crippen LogP contribution in [0.4, 0.5) is 13.2 Å². The molecule has 1 aliphatic carbocycles. The number of alkyl halides is 3. The van der Waals surface area contributed by atoms with Crippen LogP contribution in [0.2, 0.25) is 0 Å². The van der Waals surface area contributed by atoms with Gasteiger partial charge in [0.05, 0.1) is 0 Å². The average molecular weight is 274 g/mol. The quantitative estimate of drug-likeness (QED) is 0.678. The minimum Gasteiger partial charge on any atom is -0.372 e.